The van der Waals surface area contributed by atoms with Crippen molar-refractivity contribution in [1.29, 1.82) is 0 Å². The van der Waals surface area contributed by atoms with E-state index >= 15 is 0 Å². The SMILES string of the molecule is C[C@H]1CN([C@@H](C)CO)C(=O)Cc2cc(NC(=O)c3ccncc3)ccc2O[C@H]1CN(C)S(=O)(=O)c1ccc(F)cc1. The van der Waals surface area contributed by atoms with E-state index in [-0.39, 0.29) is 48.7 Å². The average molecular weight is 585 g/mol. The Morgan fingerprint density at radius 3 is 2.54 bits per heavy atom. The van der Waals surface area contributed by atoms with E-state index in [9.17, 15) is 27.5 Å². The Bertz CT molecular complexity index is 1490. The van der Waals surface area contributed by atoms with Crippen LogP contribution in [-0.2, 0) is 21.2 Å². The Kier molecular flexibility index (Phi) is 9.36. The normalized spacial score (nSPS) is 18.5. The van der Waals surface area contributed by atoms with Crippen LogP contribution in [0.15, 0.2) is 71.9 Å². The van der Waals surface area contributed by atoms with Gasteiger partial charge in [-0.1, -0.05) is 6.92 Å². The van der Waals surface area contributed by atoms with Gasteiger partial charge in [-0.05, 0) is 61.5 Å². The lowest BCUT2D eigenvalue weighted by atomic mass is 10.0. The van der Waals surface area contributed by atoms with Crippen molar-refractivity contribution < 1.29 is 32.2 Å². The molecule has 3 aromatic rings. The van der Waals surface area contributed by atoms with Crippen molar-refractivity contribution in [1.82, 2.24) is 14.2 Å². The predicted molar refractivity (Wildman–Crippen MR) is 150 cm³/mol. The number of carbonyl (C=O) groups excluding carboxylic acids is 2. The molecule has 3 atom stereocenters. The number of amides is 2. The fourth-order valence-electron chi connectivity index (χ4n) is 4.57. The molecule has 2 amide bonds. The highest BCUT2D eigenvalue weighted by Crippen LogP contribution is 2.30. The monoisotopic (exact) mass is 584 g/mol. The van der Waals surface area contributed by atoms with Crippen LogP contribution in [0.25, 0.3) is 0 Å². The summed E-state index contributed by atoms with van der Waals surface area (Å²) in [6, 6.07) is 12.2. The van der Waals surface area contributed by atoms with Crippen LogP contribution >= 0.6 is 0 Å². The van der Waals surface area contributed by atoms with E-state index in [4.69, 9.17) is 4.74 Å². The molecule has 0 aliphatic carbocycles. The zero-order chi connectivity index (χ0) is 29.7. The Morgan fingerprint density at radius 2 is 1.88 bits per heavy atom. The summed E-state index contributed by atoms with van der Waals surface area (Å²) >= 11 is 0. The molecule has 0 saturated carbocycles. The molecule has 2 aromatic carbocycles. The minimum absolute atomic E-state index is 0.0538. The van der Waals surface area contributed by atoms with E-state index in [0.717, 1.165) is 16.4 Å². The van der Waals surface area contributed by atoms with Crippen molar-refractivity contribution in [3.63, 3.8) is 0 Å². The smallest absolute Gasteiger partial charge is 0.255 e. The number of benzene rings is 2. The number of hydrogen-bond acceptors (Lipinski definition) is 7. The highest BCUT2D eigenvalue weighted by molar-refractivity contribution is 7.89. The number of nitrogens with zero attached hydrogens (tertiary/aromatic N) is 3. The molecule has 12 heteroatoms. The lowest BCUT2D eigenvalue weighted by molar-refractivity contribution is -0.134. The van der Waals surface area contributed by atoms with Crippen molar-refractivity contribution in [3.05, 3.63) is 83.9 Å². The second-order valence-electron chi connectivity index (χ2n) is 10.1. The molecular weight excluding hydrogens is 551 g/mol. The first kappa shape index (κ1) is 30.1. The molecule has 0 saturated heterocycles. The molecule has 1 aliphatic rings. The van der Waals surface area contributed by atoms with Crippen molar-refractivity contribution in [3.8, 4) is 5.75 Å². The Hall–Kier alpha value is -3.87. The summed E-state index contributed by atoms with van der Waals surface area (Å²) in [5, 5.41) is 12.7. The molecular formula is C29H33FN4O6S. The maximum absolute atomic E-state index is 13.4. The number of fused-ring (bicyclic) bond motifs is 1. The van der Waals surface area contributed by atoms with Gasteiger partial charge in [-0.3, -0.25) is 14.6 Å². The Balaban J connectivity index is 1.65. The first-order valence-corrected chi connectivity index (χ1v) is 14.6. The molecule has 2 heterocycles. The van der Waals surface area contributed by atoms with Gasteiger partial charge in [0.1, 0.15) is 17.7 Å². The van der Waals surface area contributed by atoms with Gasteiger partial charge in [0, 0.05) is 48.7 Å². The molecule has 41 heavy (non-hydrogen) atoms. The third-order valence-corrected chi connectivity index (χ3v) is 8.91. The molecule has 0 radical (unpaired) electrons. The zero-order valence-corrected chi connectivity index (χ0v) is 23.8. The van der Waals surface area contributed by atoms with Gasteiger partial charge >= 0.3 is 0 Å². The molecule has 2 N–H and O–H groups in total. The number of aliphatic hydroxyl groups excluding tert-OH is 1. The van der Waals surface area contributed by atoms with Gasteiger partial charge in [0.05, 0.1) is 30.5 Å². The third-order valence-electron chi connectivity index (χ3n) is 7.08. The third kappa shape index (κ3) is 7.07. The minimum Gasteiger partial charge on any atom is -0.488 e. The zero-order valence-electron chi connectivity index (χ0n) is 23.0. The average Bonchev–Trinajstić information content (AvgIpc) is 3.00. The summed E-state index contributed by atoms with van der Waals surface area (Å²) < 4.78 is 47.4. The van der Waals surface area contributed by atoms with Gasteiger partial charge in [0.15, 0.2) is 0 Å². The van der Waals surface area contributed by atoms with Crippen LogP contribution in [-0.4, -0.2) is 78.4 Å². The molecule has 1 aliphatic heterocycles. The van der Waals surface area contributed by atoms with Gasteiger partial charge < -0.3 is 20.1 Å². The number of carbonyl (C=O) groups is 2. The van der Waals surface area contributed by atoms with Gasteiger partial charge in [0.25, 0.3) is 5.91 Å². The molecule has 0 spiro atoms. The number of nitrogens with one attached hydrogen (secondary N) is 1. The summed E-state index contributed by atoms with van der Waals surface area (Å²) in [6.07, 6.45) is 2.28. The molecule has 0 unspecified atom stereocenters. The molecule has 4 rings (SSSR count). The fraction of sp³-hybridized carbons (Fsp3) is 0.345. The van der Waals surface area contributed by atoms with E-state index in [1.807, 2.05) is 6.92 Å². The first-order chi connectivity index (χ1) is 19.5. The number of aliphatic hydroxyl groups is 1. The van der Waals surface area contributed by atoms with E-state index in [1.165, 1.54) is 31.6 Å². The summed E-state index contributed by atoms with van der Waals surface area (Å²) in [5.41, 5.74) is 1.36. The minimum atomic E-state index is -3.96. The van der Waals surface area contributed by atoms with Crippen molar-refractivity contribution in [2.45, 2.75) is 37.3 Å². The highest BCUT2D eigenvalue weighted by atomic mass is 32.2. The van der Waals surface area contributed by atoms with E-state index in [0.29, 0.717) is 22.6 Å². The predicted octanol–water partition coefficient (Wildman–Crippen LogP) is 2.94. The number of pyridine rings is 1. The number of ether oxygens (including phenoxy) is 1. The van der Waals surface area contributed by atoms with E-state index in [2.05, 4.69) is 10.3 Å². The van der Waals surface area contributed by atoms with Crippen LogP contribution in [0.5, 0.6) is 5.75 Å². The first-order valence-electron chi connectivity index (χ1n) is 13.1. The second-order valence-corrected chi connectivity index (χ2v) is 12.2. The van der Waals surface area contributed by atoms with Crippen LogP contribution < -0.4 is 10.1 Å². The van der Waals surface area contributed by atoms with Crippen LogP contribution in [0.3, 0.4) is 0 Å². The quantitative estimate of drug-likeness (QED) is 0.417. The lowest BCUT2D eigenvalue weighted by Gasteiger charge is -2.33. The summed E-state index contributed by atoms with van der Waals surface area (Å²) in [7, 11) is -2.55. The number of halogens is 1. The number of aromatic nitrogens is 1. The second kappa shape index (κ2) is 12.8. The standard InChI is InChI=1S/C29H33FN4O6S/c1-19-16-34(20(2)18-35)28(36)15-22-14-24(32-29(37)21-10-12-31-13-11-21)6-9-26(22)40-27(19)17-33(3)41(38,39)25-7-4-23(30)5-8-25/h4-14,19-20,27,35H,15-18H2,1-3H3,(H,32,37)/t19-,20-,27-/m0/s1. The molecule has 1 aromatic heterocycles. The van der Waals surface area contributed by atoms with Crippen LogP contribution in [0.2, 0.25) is 0 Å². The topological polar surface area (TPSA) is 129 Å². The molecule has 0 fully saturated rings. The highest BCUT2D eigenvalue weighted by Gasteiger charge is 2.33. The van der Waals surface area contributed by atoms with Crippen LogP contribution in [0.4, 0.5) is 10.1 Å². The van der Waals surface area contributed by atoms with Gasteiger partial charge in [-0.2, -0.15) is 4.31 Å². The van der Waals surface area contributed by atoms with Gasteiger partial charge in [0.2, 0.25) is 15.9 Å². The molecule has 218 valence electrons. The van der Waals surface area contributed by atoms with Gasteiger partial charge in [-0.25, -0.2) is 12.8 Å². The number of likely N-dealkylation sites (N-methyl/N-ethyl adjacent to an activating group) is 1. The number of hydrogen-bond donors (Lipinski definition) is 2. The van der Waals surface area contributed by atoms with E-state index in [1.54, 1.807) is 42.2 Å². The number of anilines is 1. The fourth-order valence-corrected chi connectivity index (χ4v) is 5.75. The van der Waals surface area contributed by atoms with Crippen molar-refractivity contribution in [2.24, 2.45) is 5.92 Å². The van der Waals surface area contributed by atoms with Gasteiger partial charge in [-0.15, -0.1) is 0 Å². The summed E-state index contributed by atoms with van der Waals surface area (Å²) in [4.78, 5) is 31.5. The van der Waals surface area contributed by atoms with Crippen molar-refractivity contribution >= 4 is 27.5 Å². The van der Waals surface area contributed by atoms with Crippen molar-refractivity contribution in [2.75, 3.05) is 32.1 Å². The Morgan fingerprint density at radius 1 is 1.20 bits per heavy atom. The molecule has 10 nitrogen and oxygen atoms in total. The van der Waals surface area contributed by atoms with Crippen LogP contribution in [0.1, 0.15) is 29.8 Å². The maximum atomic E-state index is 13.4. The maximum Gasteiger partial charge on any atom is 0.255 e. The summed E-state index contributed by atoms with van der Waals surface area (Å²) in [5.74, 6) is -1.10. The number of sulfonamides is 1. The Labute approximate surface area is 238 Å². The summed E-state index contributed by atoms with van der Waals surface area (Å²) in [6.45, 7) is 3.49. The number of rotatable bonds is 8. The lowest BCUT2D eigenvalue weighted by Crippen LogP contribution is -2.48. The largest absolute Gasteiger partial charge is 0.488 e. The van der Waals surface area contributed by atoms with E-state index < -0.39 is 28.0 Å². The van der Waals surface area contributed by atoms with Crippen LogP contribution in [0, 0.1) is 11.7 Å². The molecule has 0 bridgehead atoms.